The monoisotopic (exact) mass is 256 g/mol. The van der Waals surface area contributed by atoms with Gasteiger partial charge >= 0.3 is 0 Å². The van der Waals surface area contributed by atoms with Crippen LogP contribution in [0.2, 0.25) is 5.02 Å². The molecule has 0 bridgehead atoms. The lowest BCUT2D eigenvalue weighted by Gasteiger charge is -2.07. The van der Waals surface area contributed by atoms with Crippen LogP contribution in [0, 0.1) is 0 Å². The van der Waals surface area contributed by atoms with Crippen LogP contribution in [0.4, 0.5) is 4.39 Å². The van der Waals surface area contributed by atoms with E-state index < -0.39 is 21.0 Å². The standard InChI is InChI=1S/C8H7Cl2FO2S/c9-7-4-2-1-3-6(7)8(11)5-14(10,12)13/h1-4,8H,5H2. The molecule has 0 spiro atoms. The summed E-state index contributed by atoms with van der Waals surface area (Å²) in [5.74, 6) is -0.766. The van der Waals surface area contributed by atoms with Crippen LogP contribution < -0.4 is 0 Å². The van der Waals surface area contributed by atoms with E-state index in [9.17, 15) is 12.8 Å². The molecule has 0 aliphatic rings. The fourth-order valence-corrected chi connectivity index (χ4v) is 2.11. The van der Waals surface area contributed by atoms with E-state index in [4.69, 9.17) is 22.3 Å². The second kappa shape index (κ2) is 4.47. The highest BCUT2D eigenvalue weighted by atomic mass is 35.7. The van der Waals surface area contributed by atoms with Gasteiger partial charge in [0.1, 0.15) is 11.9 Å². The van der Waals surface area contributed by atoms with Crippen LogP contribution >= 0.6 is 22.3 Å². The molecule has 0 saturated carbocycles. The molecule has 1 atom stereocenters. The van der Waals surface area contributed by atoms with Crippen molar-refractivity contribution in [3.8, 4) is 0 Å². The molecule has 14 heavy (non-hydrogen) atoms. The van der Waals surface area contributed by atoms with Crippen molar-refractivity contribution in [3.05, 3.63) is 34.9 Å². The van der Waals surface area contributed by atoms with Crippen molar-refractivity contribution in [1.29, 1.82) is 0 Å². The molecule has 0 aromatic heterocycles. The third-order valence-corrected chi connectivity index (χ3v) is 3.00. The highest BCUT2D eigenvalue weighted by Crippen LogP contribution is 2.27. The Balaban J connectivity index is 2.90. The lowest BCUT2D eigenvalue weighted by atomic mass is 10.1. The number of benzene rings is 1. The lowest BCUT2D eigenvalue weighted by Crippen LogP contribution is -2.06. The van der Waals surface area contributed by atoms with Crippen LogP contribution in [-0.2, 0) is 9.05 Å². The van der Waals surface area contributed by atoms with Crippen molar-refractivity contribution in [3.63, 3.8) is 0 Å². The van der Waals surface area contributed by atoms with Crippen molar-refractivity contribution < 1.29 is 12.8 Å². The normalized spacial score (nSPS) is 13.9. The number of halogens is 3. The van der Waals surface area contributed by atoms with Crippen LogP contribution in [0.25, 0.3) is 0 Å². The Morgan fingerprint density at radius 3 is 2.43 bits per heavy atom. The fourth-order valence-electron chi connectivity index (χ4n) is 0.994. The van der Waals surface area contributed by atoms with Crippen LogP contribution in [-0.4, -0.2) is 14.2 Å². The quantitative estimate of drug-likeness (QED) is 0.780. The molecule has 6 heteroatoms. The number of rotatable bonds is 3. The maximum atomic E-state index is 13.3. The van der Waals surface area contributed by atoms with E-state index in [1.54, 1.807) is 12.1 Å². The van der Waals surface area contributed by atoms with E-state index in [-0.39, 0.29) is 10.6 Å². The first kappa shape index (κ1) is 11.8. The first-order valence-electron chi connectivity index (χ1n) is 3.71. The Kier molecular flexibility index (Phi) is 3.75. The third kappa shape index (κ3) is 3.44. The maximum Gasteiger partial charge on any atom is 0.235 e. The molecule has 0 aliphatic carbocycles. The fraction of sp³-hybridized carbons (Fsp3) is 0.250. The summed E-state index contributed by atoms with van der Waals surface area (Å²) in [6, 6.07) is 6.13. The predicted octanol–water partition coefficient (Wildman–Crippen LogP) is 2.92. The van der Waals surface area contributed by atoms with Gasteiger partial charge in [0.05, 0.1) is 0 Å². The topological polar surface area (TPSA) is 34.1 Å². The van der Waals surface area contributed by atoms with Crippen molar-refractivity contribution in [2.75, 3.05) is 5.75 Å². The van der Waals surface area contributed by atoms with E-state index in [1.165, 1.54) is 12.1 Å². The van der Waals surface area contributed by atoms with E-state index in [0.717, 1.165) is 0 Å². The largest absolute Gasteiger partial charge is 0.241 e. The van der Waals surface area contributed by atoms with Crippen molar-refractivity contribution >= 4 is 31.3 Å². The van der Waals surface area contributed by atoms with Gasteiger partial charge in [-0.15, -0.1) is 0 Å². The van der Waals surface area contributed by atoms with E-state index in [0.29, 0.717) is 0 Å². The molecule has 1 aromatic carbocycles. The second-order valence-electron chi connectivity index (χ2n) is 2.69. The van der Waals surface area contributed by atoms with Crippen LogP contribution in [0.1, 0.15) is 11.7 Å². The zero-order chi connectivity index (χ0) is 10.8. The second-order valence-corrected chi connectivity index (χ2v) is 5.92. The summed E-state index contributed by atoms with van der Waals surface area (Å²) in [5.41, 5.74) is 0.137. The van der Waals surface area contributed by atoms with Gasteiger partial charge in [0.15, 0.2) is 0 Å². The Bertz CT molecular complexity index is 419. The summed E-state index contributed by atoms with van der Waals surface area (Å²) in [4.78, 5) is 0. The van der Waals surface area contributed by atoms with E-state index in [1.807, 2.05) is 0 Å². The van der Waals surface area contributed by atoms with Gasteiger partial charge in [-0.1, -0.05) is 29.8 Å². The summed E-state index contributed by atoms with van der Waals surface area (Å²) >= 11 is 5.67. The van der Waals surface area contributed by atoms with Gasteiger partial charge in [-0.2, -0.15) is 0 Å². The van der Waals surface area contributed by atoms with Gasteiger partial charge in [-0.25, -0.2) is 12.8 Å². The molecule has 1 aromatic rings. The zero-order valence-corrected chi connectivity index (χ0v) is 9.28. The zero-order valence-electron chi connectivity index (χ0n) is 6.95. The number of alkyl halides is 1. The predicted molar refractivity (Wildman–Crippen MR) is 54.9 cm³/mol. The Morgan fingerprint density at radius 1 is 1.36 bits per heavy atom. The minimum absolute atomic E-state index is 0.137. The van der Waals surface area contributed by atoms with Crippen LogP contribution in [0.15, 0.2) is 24.3 Å². The molecule has 1 unspecified atom stereocenters. The molecule has 0 amide bonds. The molecule has 2 nitrogen and oxygen atoms in total. The minimum Gasteiger partial charge on any atom is -0.241 e. The van der Waals surface area contributed by atoms with Gasteiger partial charge in [0.2, 0.25) is 9.05 Å². The van der Waals surface area contributed by atoms with Gasteiger partial charge < -0.3 is 0 Å². The van der Waals surface area contributed by atoms with Crippen molar-refractivity contribution in [1.82, 2.24) is 0 Å². The van der Waals surface area contributed by atoms with Crippen molar-refractivity contribution in [2.45, 2.75) is 6.17 Å². The minimum atomic E-state index is -3.85. The summed E-state index contributed by atoms with van der Waals surface area (Å²) in [7, 11) is 1.07. The molecule has 0 N–H and O–H groups in total. The summed E-state index contributed by atoms with van der Waals surface area (Å²) in [6.07, 6.45) is -1.69. The van der Waals surface area contributed by atoms with Crippen LogP contribution in [0.3, 0.4) is 0 Å². The highest BCUT2D eigenvalue weighted by Gasteiger charge is 2.19. The third-order valence-electron chi connectivity index (χ3n) is 1.59. The van der Waals surface area contributed by atoms with E-state index in [2.05, 4.69) is 0 Å². The molecule has 78 valence electrons. The van der Waals surface area contributed by atoms with E-state index >= 15 is 0 Å². The van der Waals surface area contributed by atoms with Gasteiger partial charge in [0.25, 0.3) is 0 Å². The van der Waals surface area contributed by atoms with Gasteiger partial charge in [0, 0.05) is 21.3 Å². The van der Waals surface area contributed by atoms with Crippen molar-refractivity contribution in [2.24, 2.45) is 0 Å². The molecule has 1 rings (SSSR count). The summed E-state index contributed by atoms with van der Waals surface area (Å²) < 4.78 is 34.6. The molecular formula is C8H7Cl2FO2S. The average molecular weight is 257 g/mol. The maximum absolute atomic E-state index is 13.3. The Morgan fingerprint density at radius 2 is 1.93 bits per heavy atom. The molecule has 0 radical (unpaired) electrons. The summed E-state index contributed by atoms with van der Waals surface area (Å²) in [6.45, 7) is 0. The lowest BCUT2D eigenvalue weighted by molar-refractivity contribution is 0.376. The van der Waals surface area contributed by atoms with Gasteiger partial charge in [-0.3, -0.25) is 0 Å². The molecule has 0 heterocycles. The van der Waals surface area contributed by atoms with Gasteiger partial charge in [-0.05, 0) is 6.07 Å². The average Bonchev–Trinajstić information content (AvgIpc) is 2.01. The number of hydrogen-bond acceptors (Lipinski definition) is 2. The first-order chi connectivity index (χ1) is 6.40. The Labute approximate surface area is 91.1 Å². The number of hydrogen-bond donors (Lipinski definition) is 0. The highest BCUT2D eigenvalue weighted by molar-refractivity contribution is 8.13. The smallest absolute Gasteiger partial charge is 0.235 e. The SMILES string of the molecule is O=S(=O)(Cl)CC(F)c1ccccc1Cl. The molecule has 0 aliphatic heterocycles. The first-order valence-corrected chi connectivity index (χ1v) is 6.56. The molecule has 0 saturated heterocycles. The Hall–Kier alpha value is -0.320. The molecular weight excluding hydrogens is 250 g/mol. The summed E-state index contributed by atoms with van der Waals surface area (Å²) in [5, 5.41) is 0.195. The van der Waals surface area contributed by atoms with Crippen LogP contribution in [0.5, 0.6) is 0 Å². The molecule has 0 fully saturated rings.